The van der Waals surface area contributed by atoms with Gasteiger partial charge >= 0.3 is 11.6 Å². The van der Waals surface area contributed by atoms with E-state index in [0.29, 0.717) is 11.1 Å². The van der Waals surface area contributed by atoms with Crippen molar-refractivity contribution in [1.29, 1.82) is 0 Å². The van der Waals surface area contributed by atoms with Crippen LogP contribution in [0.3, 0.4) is 0 Å². The van der Waals surface area contributed by atoms with Gasteiger partial charge in [0.1, 0.15) is 11.6 Å². The molecule has 2 aromatic rings. The SMILES string of the molecule is COC(=O)C[C@H]1C(=O)NCCN1C(=O)c1cc2cccc(OC)c2oc1=O. The molecule has 27 heavy (non-hydrogen) atoms. The first-order chi connectivity index (χ1) is 13.0. The van der Waals surface area contributed by atoms with Crippen LogP contribution in [0.15, 0.2) is 33.5 Å². The molecule has 0 spiro atoms. The highest BCUT2D eigenvalue weighted by Gasteiger charge is 2.36. The van der Waals surface area contributed by atoms with Crippen LogP contribution in [-0.2, 0) is 14.3 Å². The summed E-state index contributed by atoms with van der Waals surface area (Å²) in [5.41, 5.74) is -0.843. The number of carbonyl (C=O) groups excluding carboxylic acids is 3. The lowest BCUT2D eigenvalue weighted by Crippen LogP contribution is -2.58. The number of esters is 1. The van der Waals surface area contributed by atoms with Crippen LogP contribution in [0.2, 0.25) is 0 Å². The Kier molecular flexibility index (Phi) is 5.11. The molecule has 1 saturated heterocycles. The summed E-state index contributed by atoms with van der Waals surface area (Å²) in [5, 5.41) is 3.10. The number of rotatable bonds is 4. The smallest absolute Gasteiger partial charge is 0.349 e. The predicted octanol–water partition coefficient (Wildman–Crippen LogP) is 0.305. The third-order valence-corrected chi connectivity index (χ3v) is 4.35. The van der Waals surface area contributed by atoms with E-state index in [1.165, 1.54) is 25.2 Å². The largest absolute Gasteiger partial charge is 0.493 e. The fourth-order valence-corrected chi connectivity index (χ4v) is 2.98. The normalized spacial score (nSPS) is 16.7. The molecule has 1 aliphatic rings. The van der Waals surface area contributed by atoms with Gasteiger partial charge in [-0.15, -0.1) is 0 Å². The molecule has 0 bridgehead atoms. The quantitative estimate of drug-likeness (QED) is 0.605. The van der Waals surface area contributed by atoms with E-state index in [1.54, 1.807) is 18.2 Å². The van der Waals surface area contributed by atoms with Gasteiger partial charge in [-0.05, 0) is 12.1 Å². The number of nitrogens with one attached hydrogen (secondary N) is 1. The van der Waals surface area contributed by atoms with Gasteiger partial charge in [0.15, 0.2) is 11.3 Å². The van der Waals surface area contributed by atoms with E-state index in [0.717, 1.165) is 0 Å². The summed E-state index contributed by atoms with van der Waals surface area (Å²) < 4.78 is 15.0. The number of carbonyl (C=O) groups is 3. The molecule has 142 valence electrons. The Morgan fingerprint density at radius 3 is 2.78 bits per heavy atom. The lowest BCUT2D eigenvalue weighted by atomic mass is 10.1. The first kappa shape index (κ1) is 18.4. The summed E-state index contributed by atoms with van der Waals surface area (Å²) in [4.78, 5) is 50.3. The van der Waals surface area contributed by atoms with Gasteiger partial charge < -0.3 is 24.1 Å². The van der Waals surface area contributed by atoms with Gasteiger partial charge in [-0.1, -0.05) is 12.1 Å². The molecular weight excluding hydrogens is 356 g/mol. The number of ether oxygens (including phenoxy) is 2. The van der Waals surface area contributed by atoms with Crippen molar-refractivity contribution in [1.82, 2.24) is 10.2 Å². The monoisotopic (exact) mass is 374 g/mol. The maximum Gasteiger partial charge on any atom is 0.349 e. The Morgan fingerprint density at radius 2 is 2.07 bits per heavy atom. The van der Waals surface area contributed by atoms with Crippen LogP contribution in [0, 0.1) is 0 Å². The van der Waals surface area contributed by atoms with Crippen LogP contribution in [0.5, 0.6) is 5.75 Å². The van der Waals surface area contributed by atoms with Crippen molar-refractivity contribution in [3.05, 3.63) is 40.2 Å². The predicted molar refractivity (Wildman–Crippen MR) is 93.5 cm³/mol. The average molecular weight is 374 g/mol. The number of hydrogen-bond donors (Lipinski definition) is 1. The van der Waals surface area contributed by atoms with Gasteiger partial charge in [-0.25, -0.2) is 4.79 Å². The van der Waals surface area contributed by atoms with Gasteiger partial charge in [-0.2, -0.15) is 0 Å². The van der Waals surface area contributed by atoms with Crippen molar-refractivity contribution in [3.63, 3.8) is 0 Å². The summed E-state index contributed by atoms with van der Waals surface area (Å²) in [6.07, 6.45) is -0.305. The molecule has 0 aliphatic carbocycles. The number of amides is 2. The zero-order valence-corrected chi connectivity index (χ0v) is 14.8. The maximum absolute atomic E-state index is 12.9. The topological polar surface area (TPSA) is 115 Å². The van der Waals surface area contributed by atoms with Gasteiger partial charge in [0.2, 0.25) is 5.91 Å². The van der Waals surface area contributed by atoms with Crippen molar-refractivity contribution in [2.24, 2.45) is 0 Å². The van der Waals surface area contributed by atoms with Crippen LogP contribution in [0.1, 0.15) is 16.8 Å². The highest BCUT2D eigenvalue weighted by Crippen LogP contribution is 2.25. The number of piperazine rings is 1. The second kappa shape index (κ2) is 7.48. The Bertz CT molecular complexity index is 966. The van der Waals surface area contributed by atoms with E-state index in [4.69, 9.17) is 9.15 Å². The second-order valence-electron chi connectivity index (χ2n) is 5.91. The maximum atomic E-state index is 12.9. The lowest BCUT2D eigenvalue weighted by Gasteiger charge is -2.34. The second-order valence-corrected chi connectivity index (χ2v) is 5.91. The molecular formula is C18H18N2O7. The fourth-order valence-electron chi connectivity index (χ4n) is 2.98. The van der Waals surface area contributed by atoms with Crippen molar-refractivity contribution < 1.29 is 28.3 Å². The lowest BCUT2D eigenvalue weighted by molar-refractivity contribution is -0.145. The highest BCUT2D eigenvalue weighted by molar-refractivity contribution is 6.01. The number of fused-ring (bicyclic) bond motifs is 1. The minimum absolute atomic E-state index is 0.155. The Balaban J connectivity index is 2.00. The van der Waals surface area contributed by atoms with Crippen molar-refractivity contribution in [2.45, 2.75) is 12.5 Å². The molecule has 0 unspecified atom stereocenters. The van der Waals surface area contributed by atoms with E-state index in [9.17, 15) is 19.2 Å². The molecule has 0 saturated carbocycles. The van der Waals surface area contributed by atoms with Gasteiger partial charge in [0.25, 0.3) is 5.91 Å². The number of para-hydroxylation sites is 1. The molecule has 2 heterocycles. The molecule has 3 rings (SSSR count). The first-order valence-electron chi connectivity index (χ1n) is 8.22. The van der Waals surface area contributed by atoms with Crippen LogP contribution in [-0.4, -0.2) is 56.0 Å². The van der Waals surface area contributed by atoms with Crippen LogP contribution >= 0.6 is 0 Å². The standard InChI is InChI=1S/C18H18N2O7/c1-25-13-5-3-4-10-8-11(18(24)27-15(10)13)17(23)20-7-6-19-16(22)12(20)9-14(21)26-2/h3-5,8,12H,6-7,9H2,1-2H3,(H,19,22)/t12-/m0/s1. The highest BCUT2D eigenvalue weighted by atomic mass is 16.5. The molecule has 1 N–H and O–H groups in total. The Labute approximate surface area is 153 Å². The van der Waals surface area contributed by atoms with E-state index in [2.05, 4.69) is 10.1 Å². The van der Waals surface area contributed by atoms with Gasteiger partial charge in [0.05, 0.1) is 20.6 Å². The van der Waals surface area contributed by atoms with E-state index < -0.39 is 29.5 Å². The molecule has 1 aliphatic heterocycles. The number of hydrogen-bond acceptors (Lipinski definition) is 7. The third-order valence-electron chi connectivity index (χ3n) is 4.35. The van der Waals surface area contributed by atoms with E-state index in [1.807, 2.05) is 0 Å². The molecule has 9 heteroatoms. The van der Waals surface area contributed by atoms with Crippen molar-refractivity contribution >= 4 is 28.8 Å². The molecule has 0 radical (unpaired) electrons. The minimum atomic E-state index is -1.06. The molecule has 1 atom stereocenters. The average Bonchev–Trinajstić information content (AvgIpc) is 2.67. The van der Waals surface area contributed by atoms with Crippen LogP contribution in [0.25, 0.3) is 11.0 Å². The summed E-state index contributed by atoms with van der Waals surface area (Å²) in [7, 11) is 2.64. The van der Waals surface area contributed by atoms with E-state index >= 15 is 0 Å². The van der Waals surface area contributed by atoms with Gasteiger partial charge in [0, 0.05) is 18.5 Å². The third kappa shape index (κ3) is 3.48. The summed E-state index contributed by atoms with van der Waals surface area (Å²) in [5.74, 6) is -1.43. The van der Waals surface area contributed by atoms with Crippen LogP contribution in [0.4, 0.5) is 0 Å². The first-order valence-corrected chi connectivity index (χ1v) is 8.22. The molecule has 2 amide bonds. The Hall–Kier alpha value is -3.36. The summed E-state index contributed by atoms with van der Waals surface area (Å²) in [6.45, 7) is 0.372. The van der Waals surface area contributed by atoms with Crippen LogP contribution < -0.4 is 15.7 Å². The molecule has 1 fully saturated rings. The number of nitrogens with zero attached hydrogens (tertiary/aromatic N) is 1. The number of benzene rings is 1. The zero-order chi connectivity index (χ0) is 19.6. The zero-order valence-electron chi connectivity index (χ0n) is 14.8. The molecule has 1 aromatic carbocycles. The van der Waals surface area contributed by atoms with E-state index in [-0.39, 0.29) is 30.7 Å². The molecule has 9 nitrogen and oxygen atoms in total. The minimum Gasteiger partial charge on any atom is -0.493 e. The Morgan fingerprint density at radius 1 is 1.30 bits per heavy atom. The van der Waals surface area contributed by atoms with Crippen molar-refractivity contribution in [3.8, 4) is 5.75 Å². The fraction of sp³-hybridized carbons (Fsp3) is 0.333. The van der Waals surface area contributed by atoms with Gasteiger partial charge in [-0.3, -0.25) is 14.4 Å². The summed E-state index contributed by atoms with van der Waals surface area (Å²) in [6, 6.07) is 5.34. The molecule has 1 aromatic heterocycles. The number of methoxy groups -OCH3 is 2. The summed E-state index contributed by atoms with van der Waals surface area (Å²) >= 11 is 0. The van der Waals surface area contributed by atoms with Crippen molar-refractivity contribution in [2.75, 3.05) is 27.3 Å².